The minimum absolute atomic E-state index is 0.693. The summed E-state index contributed by atoms with van der Waals surface area (Å²) >= 11 is 0. The highest BCUT2D eigenvalue weighted by molar-refractivity contribution is 5.39. The molecule has 0 radical (unpaired) electrons. The number of hydrogen-bond donors (Lipinski definition) is 1. The first kappa shape index (κ1) is 19.7. The van der Waals surface area contributed by atoms with E-state index in [4.69, 9.17) is 0 Å². The van der Waals surface area contributed by atoms with Gasteiger partial charge in [-0.2, -0.15) is 0 Å². The third-order valence-electron chi connectivity index (χ3n) is 7.44. The third kappa shape index (κ3) is 4.06. The largest absolute Gasteiger partial charge is 0.380 e. The maximum absolute atomic E-state index is 11.6. The first-order valence-electron chi connectivity index (χ1n) is 11.6. The summed E-state index contributed by atoms with van der Waals surface area (Å²) < 4.78 is 0. The quantitative estimate of drug-likeness (QED) is 0.575. The summed E-state index contributed by atoms with van der Waals surface area (Å²) in [5.41, 5.74) is 4.07. The summed E-state index contributed by atoms with van der Waals surface area (Å²) in [6, 6.07) is 17.7. The van der Waals surface area contributed by atoms with Gasteiger partial charge in [0.25, 0.3) is 0 Å². The Labute approximate surface area is 171 Å². The van der Waals surface area contributed by atoms with Gasteiger partial charge in [0.15, 0.2) is 0 Å². The number of hydrogen-bond acceptors (Lipinski definition) is 1. The lowest BCUT2D eigenvalue weighted by atomic mass is 9.79. The van der Waals surface area contributed by atoms with E-state index in [1.807, 2.05) is 0 Å². The lowest BCUT2D eigenvalue weighted by Gasteiger charge is -2.30. The summed E-state index contributed by atoms with van der Waals surface area (Å²) in [5.74, 6) is 1.43. The highest BCUT2D eigenvalue weighted by Gasteiger charge is 2.30. The van der Waals surface area contributed by atoms with Crippen LogP contribution in [0.15, 0.2) is 48.5 Å². The lowest BCUT2D eigenvalue weighted by molar-refractivity contribution is 0.0765. The van der Waals surface area contributed by atoms with Crippen molar-refractivity contribution in [3.05, 3.63) is 70.8 Å². The van der Waals surface area contributed by atoms with Crippen LogP contribution in [0.1, 0.15) is 112 Å². The molecule has 0 aliphatic heterocycles. The van der Waals surface area contributed by atoms with Crippen LogP contribution in [-0.4, -0.2) is 5.11 Å². The lowest BCUT2D eigenvalue weighted by Crippen LogP contribution is -2.26. The normalized spacial score (nSPS) is 19.6. The molecule has 1 nitrogen and oxygen atoms in total. The van der Waals surface area contributed by atoms with Gasteiger partial charge in [-0.1, -0.05) is 94.0 Å². The van der Waals surface area contributed by atoms with Crippen molar-refractivity contribution in [3.8, 4) is 0 Å². The fraction of sp³-hybridized carbons (Fsp3) is 0.556. The Hall–Kier alpha value is -1.60. The molecule has 4 rings (SSSR count). The molecular formula is C27H36O. The van der Waals surface area contributed by atoms with Gasteiger partial charge in [0.1, 0.15) is 5.60 Å². The van der Waals surface area contributed by atoms with Crippen molar-refractivity contribution in [2.75, 3.05) is 0 Å². The van der Waals surface area contributed by atoms with Crippen LogP contribution in [0, 0.1) is 0 Å². The molecule has 1 N–H and O–H groups in total. The molecule has 2 aliphatic carbocycles. The van der Waals surface area contributed by atoms with Crippen molar-refractivity contribution in [2.45, 2.75) is 95.0 Å². The molecule has 2 saturated carbocycles. The Morgan fingerprint density at radius 1 is 0.643 bits per heavy atom. The average Bonchev–Trinajstić information content (AvgIpc) is 2.80. The molecule has 0 unspecified atom stereocenters. The minimum Gasteiger partial charge on any atom is -0.380 e. The predicted molar refractivity (Wildman–Crippen MR) is 118 cm³/mol. The smallest absolute Gasteiger partial charge is 0.114 e. The second-order valence-corrected chi connectivity index (χ2v) is 9.13. The van der Waals surface area contributed by atoms with Crippen molar-refractivity contribution in [1.29, 1.82) is 0 Å². The van der Waals surface area contributed by atoms with Crippen LogP contribution in [-0.2, 0) is 5.60 Å². The molecule has 150 valence electrons. The second kappa shape index (κ2) is 8.82. The van der Waals surface area contributed by atoms with E-state index in [0.717, 1.165) is 11.1 Å². The van der Waals surface area contributed by atoms with Crippen LogP contribution in [0.25, 0.3) is 0 Å². The van der Waals surface area contributed by atoms with Gasteiger partial charge >= 0.3 is 0 Å². The number of benzene rings is 2. The summed E-state index contributed by atoms with van der Waals surface area (Å²) in [6.07, 6.45) is 14.2. The Balaban J connectivity index is 1.54. The third-order valence-corrected chi connectivity index (χ3v) is 7.44. The van der Waals surface area contributed by atoms with Crippen LogP contribution < -0.4 is 0 Å². The van der Waals surface area contributed by atoms with E-state index in [9.17, 15) is 5.11 Å². The van der Waals surface area contributed by atoms with Crippen LogP contribution in [0.5, 0.6) is 0 Å². The Morgan fingerprint density at radius 3 is 1.32 bits per heavy atom. The molecule has 0 bridgehead atoms. The van der Waals surface area contributed by atoms with Gasteiger partial charge in [-0.05, 0) is 66.2 Å². The van der Waals surface area contributed by atoms with Gasteiger partial charge in [-0.15, -0.1) is 0 Å². The molecule has 0 amide bonds. The maximum atomic E-state index is 11.6. The summed E-state index contributed by atoms with van der Waals surface area (Å²) in [6.45, 7) is 2.09. The maximum Gasteiger partial charge on any atom is 0.114 e. The highest BCUT2D eigenvalue weighted by Crippen LogP contribution is 2.38. The molecule has 2 aromatic rings. The van der Waals surface area contributed by atoms with Crippen LogP contribution in [0.3, 0.4) is 0 Å². The van der Waals surface area contributed by atoms with E-state index < -0.39 is 5.60 Å². The SMILES string of the molecule is CCC(O)(c1ccc(C2CCCCC2)cc1)c1ccc(C2CCCCC2)cc1. The van der Waals surface area contributed by atoms with Crippen molar-refractivity contribution < 1.29 is 5.11 Å². The number of aliphatic hydroxyl groups is 1. The van der Waals surface area contributed by atoms with E-state index in [-0.39, 0.29) is 0 Å². The van der Waals surface area contributed by atoms with Crippen molar-refractivity contribution in [2.24, 2.45) is 0 Å². The van der Waals surface area contributed by atoms with Crippen LogP contribution >= 0.6 is 0 Å². The summed E-state index contributed by atoms with van der Waals surface area (Å²) in [5, 5.41) is 11.6. The first-order chi connectivity index (χ1) is 13.7. The molecule has 2 aliphatic rings. The molecule has 1 heteroatoms. The Kier molecular flexibility index (Phi) is 6.21. The van der Waals surface area contributed by atoms with E-state index in [2.05, 4.69) is 55.5 Å². The van der Waals surface area contributed by atoms with Gasteiger partial charge in [-0.3, -0.25) is 0 Å². The average molecular weight is 377 g/mol. The molecule has 0 heterocycles. The molecular weight excluding hydrogens is 340 g/mol. The molecule has 0 atom stereocenters. The zero-order valence-corrected chi connectivity index (χ0v) is 17.5. The fourth-order valence-corrected chi connectivity index (χ4v) is 5.51. The molecule has 2 aromatic carbocycles. The minimum atomic E-state index is -0.893. The standard InChI is InChI=1S/C27H36O/c1-2-27(28,25-17-13-23(14-18-25)21-9-5-3-6-10-21)26-19-15-24(16-20-26)22-11-7-4-8-12-22/h13-22,28H,2-12H2,1H3. The van der Waals surface area contributed by atoms with Gasteiger partial charge < -0.3 is 5.11 Å². The Morgan fingerprint density at radius 2 is 1.00 bits per heavy atom. The molecule has 0 spiro atoms. The summed E-state index contributed by atoms with van der Waals surface area (Å²) in [7, 11) is 0. The fourth-order valence-electron chi connectivity index (χ4n) is 5.51. The second-order valence-electron chi connectivity index (χ2n) is 9.13. The first-order valence-corrected chi connectivity index (χ1v) is 11.6. The number of rotatable bonds is 5. The zero-order chi connectivity index (χ0) is 19.4. The van der Waals surface area contributed by atoms with Crippen LogP contribution in [0.4, 0.5) is 0 Å². The molecule has 0 saturated heterocycles. The zero-order valence-electron chi connectivity index (χ0n) is 17.5. The van der Waals surface area contributed by atoms with Crippen molar-refractivity contribution in [3.63, 3.8) is 0 Å². The van der Waals surface area contributed by atoms with E-state index in [0.29, 0.717) is 18.3 Å². The highest BCUT2D eigenvalue weighted by atomic mass is 16.3. The van der Waals surface area contributed by atoms with Gasteiger partial charge in [0.05, 0.1) is 0 Å². The molecule has 2 fully saturated rings. The van der Waals surface area contributed by atoms with Crippen molar-refractivity contribution >= 4 is 0 Å². The van der Waals surface area contributed by atoms with E-state index >= 15 is 0 Å². The van der Waals surface area contributed by atoms with Crippen LogP contribution in [0.2, 0.25) is 0 Å². The van der Waals surface area contributed by atoms with Gasteiger partial charge in [0.2, 0.25) is 0 Å². The van der Waals surface area contributed by atoms with Gasteiger partial charge in [0, 0.05) is 0 Å². The molecule has 28 heavy (non-hydrogen) atoms. The molecule has 0 aromatic heterocycles. The van der Waals surface area contributed by atoms with E-state index in [1.165, 1.54) is 75.3 Å². The predicted octanol–water partition coefficient (Wildman–Crippen LogP) is 7.43. The van der Waals surface area contributed by atoms with Crippen molar-refractivity contribution in [1.82, 2.24) is 0 Å². The monoisotopic (exact) mass is 376 g/mol. The summed E-state index contributed by atoms with van der Waals surface area (Å²) in [4.78, 5) is 0. The Bertz CT molecular complexity index is 669. The van der Waals surface area contributed by atoms with E-state index in [1.54, 1.807) is 0 Å². The topological polar surface area (TPSA) is 20.2 Å². The van der Waals surface area contributed by atoms with Gasteiger partial charge in [-0.25, -0.2) is 0 Å².